The second-order valence-corrected chi connectivity index (χ2v) is 7.10. The molecule has 2 fully saturated rings. The normalized spacial score (nSPS) is 30.1. The van der Waals surface area contributed by atoms with E-state index in [9.17, 15) is 19.2 Å². The molecule has 8 nitrogen and oxygen atoms in total. The topological polar surface area (TPSA) is 99.2 Å². The van der Waals surface area contributed by atoms with Crippen molar-refractivity contribution in [2.45, 2.75) is 38.4 Å². The van der Waals surface area contributed by atoms with E-state index >= 15 is 0 Å². The van der Waals surface area contributed by atoms with Gasteiger partial charge in [-0.3, -0.25) is 24.1 Å². The van der Waals surface area contributed by atoms with Crippen LogP contribution < -0.4 is 0 Å². The Morgan fingerprint density at radius 3 is 2.36 bits per heavy atom. The lowest BCUT2D eigenvalue weighted by molar-refractivity contribution is -0.227. The number of hydrogen-bond acceptors (Lipinski definition) is 7. The van der Waals surface area contributed by atoms with Crippen molar-refractivity contribution < 1.29 is 33.4 Å². The lowest BCUT2D eigenvalue weighted by atomic mass is 9.76. The molecule has 28 heavy (non-hydrogen) atoms. The predicted octanol–water partition coefficient (Wildman–Crippen LogP) is 0.947. The minimum atomic E-state index is -1.51. The number of carbonyl (C=O) groups excluding carboxylic acids is 4. The van der Waals surface area contributed by atoms with Crippen molar-refractivity contribution in [3.05, 3.63) is 48.0 Å². The van der Waals surface area contributed by atoms with Gasteiger partial charge in [-0.1, -0.05) is 36.4 Å². The van der Waals surface area contributed by atoms with Crippen molar-refractivity contribution in [2.24, 2.45) is 11.8 Å². The highest BCUT2D eigenvalue weighted by molar-refractivity contribution is 6.07. The fourth-order valence-electron chi connectivity index (χ4n) is 4.20. The number of rotatable bonds is 5. The number of nitrogens with zero attached hydrogens (tertiary/aromatic N) is 1. The highest BCUT2D eigenvalue weighted by Gasteiger charge is 2.71. The van der Waals surface area contributed by atoms with Gasteiger partial charge in [-0.25, -0.2) is 0 Å². The highest BCUT2D eigenvalue weighted by Crippen LogP contribution is 2.54. The number of benzene rings is 1. The summed E-state index contributed by atoms with van der Waals surface area (Å²) in [6, 6.07) is 9.16. The summed E-state index contributed by atoms with van der Waals surface area (Å²) in [6.07, 6.45) is 1.12. The molecule has 2 bridgehead atoms. The highest BCUT2D eigenvalue weighted by atomic mass is 16.7. The van der Waals surface area contributed by atoms with Gasteiger partial charge in [-0.05, 0) is 11.6 Å². The van der Waals surface area contributed by atoms with E-state index in [1.807, 2.05) is 30.3 Å². The van der Waals surface area contributed by atoms with E-state index in [0.717, 1.165) is 5.56 Å². The van der Waals surface area contributed by atoms with E-state index in [0.29, 0.717) is 0 Å². The molecule has 1 aromatic carbocycles. The van der Waals surface area contributed by atoms with Gasteiger partial charge in [0.05, 0.1) is 24.5 Å². The van der Waals surface area contributed by atoms with E-state index in [-0.39, 0.29) is 12.5 Å². The second kappa shape index (κ2) is 6.56. The van der Waals surface area contributed by atoms with Crippen LogP contribution in [0.15, 0.2) is 42.5 Å². The van der Waals surface area contributed by atoms with Crippen LogP contribution >= 0.6 is 0 Å². The molecule has 2 saturated heterocycles. The lowest BCUT2D eigenvalue weighted by Gasteiger charge is -2.34. The summed E-state index contributed by atoms with van der Waals surface area (Å²) in [7, 11) is 0. The molecule has 3 heterocycles. The zero-order valence-corrected chi connectivity index (χ0v) is 15.4. The molecule has 0 radical (unpaired) electrons. The zero-order chi connectivity index (χ0) is 20.1. The number of amides is 2. The van der Waals surface area contributed by atoms with E-state index in [1.54, 1.807) is 12.2 Å². The minimum absolute atomic E-state index is 0.139. The molecule has 8 heteroatoms. The first kappa shape index (κ1) is 18.4. The minimum Gasteiger partial charge on any atom is -0.422 e. The van der Waals surface area contributed by atoms with Crippen molar-refractivity contribution in [2.75, 3.05) is 0 Å². The van der Waals surface area contributed by atoms with Gasteiger partial charge in [0.15, 0.2) is 5.60 Å². The van der Waals surface area contributed by atoms with Crippen LogP contribution in [0.2, 0.25) is 0 Å². The molecule has 146 valence electrons. The number of likely N-dealkylation sites (tertiary alicyclic amines) is 1. The van der Waals surface area contributed by atoms with E-state index in [2.05, 4.69) is 0 Å². The third-order valence-corrected chi connectivity index (χ3v) is 5.27. The quantitative estimate of drug-likeness (QED) is 0.322. The van der Waals surface area contributed by atoms with Crippen LogP contribution in [0.3, 0.4) is 0 Å². The van der Waals surface area contributed by atoms with Crippen molar-refractivity contribution >= 4 is 23.8 Å². The first-order valence-electron chi connectivity index (χ1n) is 8.94. The summed E-state index contributed by atoms with van der Waals surface area (Å²) in [4.78, 5) is 50.5. The maximum absolute atomic E-state index is 13.2. The summed E-state index contributed by atoms with van der Waals surface area (Å²) >= 11 is 0. The molecule has 4 rings (SSSR count). The Labute approximate surface area is 161 Å². The third kappa shape index (κ3) is 2.72. The first-order chi connectivity index (χ1) is 13.3. The SMILES string of the molecule is CC(=O)OC(OC(C)=O)[C@]12C=C[C@H](O1)[C@@H]1C(=O)N(Cc3ccccc3)C(=O)[C@@H]12. The molecular formula is C20H19NO7. The van der Waals surface area contributed by atoms with Gasteiger partial charge in [0, 0.05) is 13.8 Å². The Morgan fingerprint density at radius 1 is 1.11 bits per heavy atom. The third-order valence-electron chi connectivity index (χ3n) is 5.27. The van der Waals surface area contributed by atoms with Crippen molar-refractivity contribution in [3.63, 3.8) is 0 Å². The molecule has 3 aliphatic heterocycles. The summed E-state index contributed by atoms with van der Waals surface area (Å²) in [5.74, 6) is -3.84. The number of imide groups is 1. The molecule has 2 amide bonds. The van der Waals surface area contributed by atoms with Gasteiger partial charge < -0.3 is 14.2 Å². The zero-order valence-electron chi connectivity index (χ0n) is 15.4. The van der Waals surface area contributed by atoms with Gasteiger partial charge in [0.1, 0.15) is 0 Å². The van der Waals surface area contributed by atoms with E-state index in [4.69, 9.17) is 14.2 Å². The lowest BCUT2D eigenvalue weighted by Crippen LogP contribution is -2.52. The fourth-order valence-corrected chi connectivity index (χ4v) is 4.20. The van der Waals surface area contributed by atoms with Crippen LogP contribution in [0.25, 0.3) is 0 Å². The molecule has 0 spiro atoms. The Balaban J connectivity index is 1.67. The molecule has 1 aromatic rings. The smallest absolute Gasteiger partial charge is 0.305 e. The number of ether oxygens (including phenoxy) is 3. The molecule has 0 unspecified atom stereocenters. The van der Waals surface area contributed by atoms with Crippen molar-refractivity contribution in [3.8, 4) is 0 Å². The number of esters is 2. The summed E-state index contributed by atoms with van der Waals surface area (Å²) in [5, 5.41) is 0. The largest absolute Gasteiger partial charge is 0.422 e. The Hall–Kier alpha value is -3.00. The molecule has 0 saturated carbocycles. The van der Waals surface area contributed by atoms with E-state index < -0.39 is 47.7 Å². The molecule has 0 aliphatic carbocycles. The Bertz CT molecular complexity index is 864. The van der Waals surface area contributed by atoms with Crippen LogP contribution in [0.4, 0.5) is 0 Å². The second-order valence-electron chi connectivity index (χ2n) is 7.10. The van der Waals surface area contributed by atoms with Crippen molar-refractivity contribution in [1.82, 2.24) is 4.90 Å². The Kier molecular flexibility index (Phi) is 4.30. The fraction of sp³-hybridized carbons (Fsp3) is 0.400. The molecule has 0 aromatic heterocycles. The number of fused-ring (bicyclic) bond motifs is 5. The summed E-state index contributed by atoms with van der Waals surface area (Å²) in [6.45, 7) is 2.47. The van der Waals surface area contributed by atoms with Gasteiger partial charge in [0.25, 0.3) is 6.29 Å². The van der Waals surface area contributed by atoms with Crippen LogP contribution in [-0.4, -0.2) is 46.6 Å². The van der Waals surface area contributed by atoms with Crippen molar-refractivity contribution in [1.29, 1.82) is 0 Å². The number of carbonyl (C=O) groups is 4. The van der Waals surface area contributed by atoms with Gasteiger partial charge in [-0.2, -0.15) is 0 Å². The average Bonchev–Trinajstić information content (AvgIpc) is 3.29. The number of hydrogen-bond donors (Lipinski definition) is 0. The average molecular weight is 385 g/mol. The first-order valence-corrected chi connectivity index (χ1v) is 8.94. The van der Waals surface area contributed by atoms with Crippen LogP contribution in [0.1, 0.15) is 19.4 Å². The predicted molar refractivity (Wildman–Crippen MR) is 93.0 cm³/mol. The van der Waals surface area contributed by atoms with E-state index in [1.165, 1.54) is 18.7 Å². The maximum Gasteiger partial charge on any atom is 0.305 e. The van der Waals surface area contributed by atoms with Crippen LogP contribution in [-0.2, 0) is 39.9 Å². The van der Waals surface area contributed by atoms with Gasteiger partial charge in [0.2, 0.25) is 11.8 Å². The van der Waals surface area contributed by atoms with Gasteiger partial charge >= 0.3 is 11.9 Å². The summed E-state index contributed by atoms with van der Waals surface area (Å²) in [5.41, 5.74) is -0.693. The van der Waals surface area contributed by atoms with Gasteiger partial charge in [-0.15, -0.1) is 0 Å². The summed E-state index contributed by atoms with van der Waals surface area (Å²) < 4.78 is 16.2. The molecular weight excluding hydrogens is 366 g/mol. The molecule has 4 atom stereocenters. The Morgan fingerprint density at radius 2 is 1.75 bits per heavy atom. The van der Waals surface area contributed by atoms with Crippen LogP contribution in [0, 0.1) is 11.8 Å². The maximum atomic E-state index is 13.2. The van der Waals surface area contributed by atoms with Crippen LogP contribution in [0.5, 0.6) is 0 Å². The monoisotopic (exact) mass is 385 g/mol. The molecule has 0 N–H and O–H groups in total. The standard InChI is InChI=1S/C20H19NO7/c1-11(22)26-19(27-12(2)23)20-9-8-14(28-20)15-16(20)18(25)21(17(15)24)10-13-6-4-3-5-7-13/h3-9,14-16,19H,10H2,1-2H3/t14-,15-,16+,20+/m0/s1. The molecule has 3 aliphatic rings.